The maximum atomic E-state index is 12.6. The third kappa shape index (κ3) is 7.29. The number of para-hydroxylation sites is 1. The standard InChI is InChI=1S/C24H35N3O8/c1-2-3-4-5-6-9-12-33-23(32)17-10-7-8-11-18(17)27-13-16(25-26-27)15-34-24-22(31)21(30)20(29)19(14-28)35-24/h7-8,10-11,13,19-22,24,28-31H,2-6,9,12,14-15H2,1H3/t19-,20-,21+,22+,24+/m1/s1. The molecule has 0 unspecified atom stereocenters. The second-order valence-electron chi connectivity index (χ2n) is 8.58. The summed E-state index contributed by atoms with van der Waals surface area (Å²) in [7, 11) is 0. The van der Waals surface area contributed by atoms with Crippen LogP contribution < -0.4 is 0 Å². The summed E-state index contributed by atoms with van der Waals surface area (Å²) in [5.74, 6) is -0.441. The Bertz CT molecular complexity index is 922. The van der Waals surface area contributed by atoms with Crippen LogP contribution in [0.2, 0.25) is 0 Å². The summed E-state index contributed by atoms with van der Waals surface area (Å²) in [5.41, 5.74) is 1.22. The molecule has 0 saturated carbocycles. The van der Waals surface area contributed by atoms with E-state index < -0.39 is 43.3 Å². The van der Waals surface area contributed by atoms with Gasteiger partial charge >= 0.3 is 5.97 Å². The fourth-order valence-corrected chi connectivity index (χ4v) is 3.83. The van der Waals surface area contributed by atoms with Gasteiger partial charge in [0.25, 0.3) is 0 Å². The molecule has 2 heterocycles. The van der Waals surface area contributed by atoms with Gasteiger partial charge in [-0.3, -0.25) is 0 Å². The van der Waals surface area contributed by atoms with Crippen molar-refractivity contribution in [2.24, 2.45) is 0 Å². The fourth-order valence-electron chi connectivity index (χ4n) is 3.83. The molecule has 11 nitrogen and oxygen atoms in total. The van der Waals surface area contributed by atoms with Gasteiger partial charge in [0, 0.05) is 0 Å². The van der Waals surface area contributed by atoms with Gasteiger partial charge in [-0.2, -0.15) is 0 Å². The van der Waals surface area contributed by atoms with Gasteiger partial charge in [0.2, 0.25) is 0 Å². The van der Waals surface area contributed by atoms with Crippen molar-refractivity contribution in [3.05, 3.63) is 41.7 Å². The average molecular weight is 494 g/mol. The lowest BCUT2D eigenvalue weighted by atomic mass is 9.99. The van der Waals surface area contributed by atoms with Gasteiger partial charge in [-0.05, 0) is 18.6 Å². The number of carbonyl (C=O) groups is 1. The van der Waals surface area contributed by atoms with Crippen molar-refractivity contribution in [2.45, 2.75) is 82.8 Å². The van der Waals surface area contributed by atoms with E-state index in [1.54, 1.807) is 30.5 Å². The van der Waals surface area contributed by atoms with Gasteiger partial charge < -0.3 is 34.6 Å². The van der Waals surface area contributed by atoms with Crippen molar-refractivity contribution in [2.75, 3.05) is 13.2 Å². The zero-order chi connectivity index (χ0) is 25.2. The highest BCUT2D eigenvalue weighted by molar-refractivity contribution is 5.93. The number of benzene rings is 1. The molecule has 35 heavy (non-hydrogen) atoms. The van der Waals surface area contributed by atoms with E-state index in [9.17, 15) is 25.2 Å². The highest BCUT2D eigenvalue weighted by atomic mass is 16.7. The number of aliphatic hydroxyl groups excluding tert-OH is 4. The Hall–Kier alpha value is -2.41. The van der Waals surface area contributed by atoms with Gasteiger partial charge in [0.15, 0.2) is 6.29 Å². The quantitative estimate of drug-likeness (QED) is 0.235. The van der Waals surface area contributed by atoms with Crippen LogP contribution >= 0.6 is 0 Å². The summed E-state index contributed by atoms with van der Waals surface area (Å²) >= 11 is 0. The lowest BCUT2D eigenvalue weighted by Gasteiger charge is -2.39. The minimum Gasteiger partial charge on any atom is -0.462 e. The van der Waals surface area contributed by atoms with Gasteiger partial charge in [0.1, 0.15) is 30.1 Å². The second kappa shape index (κ2) is 13.6. The molecule has 1 aliphatic rings. The van der Waals surface area contributed by atoms with E-state index >= 15 is 0 Å². The Morgan fingerprint density at radius 2 is 1.80 bits per heavy atom. The molecule has 0 radical (unpaired) electrons. The molecule has 4 N–H and O–H groups in total. The monoisotopic (exact) mass is 493 g/mol. The van der Waals surface area contributed by atoms with Crippen LogP contribution in [-0.4, -0.2) is 85.3 Å². The Kier molecular flexibility index (Phi) is 10.6. The number of aromatic nitrogens is 3. The minimum absolute atomic E-state index is 0.132. The number of nitrogens with zero attached hydrogens (tertiary/aromatic N) is 3. The molecule has 0 spiro atoms. The first-order valence-electron chi connectivity index (χ1n) is 12.1. The molecule has 1 aromatic carbocycles. The first kappa shape index (κ1) is 27.2. The highest BCUT2D eigenvalue weighted by Gasteiger charge is 2.44. The molecule has 0 bridgehead atoms. The van der Waals surface area contributed by atoms with Gasteiger partial charge in [0.05, 0.1) is 37.3 Å². The third-order valence-electron chi connectivity index (χ3n) is 5.89. The van der Waals surface area contributed by atoms with Crippen LogP contribution in [0.4, 0.5) is 0 Å². The van der Waals surface area contributed by atoms with Gasteiger partial charge in [-0.1, -0.05) is 56.4 Å². The maximum Gasteiger partial charge on any atom is 0.340 e. The van der Waals surface area contributed by atoms with Crippen molar-refractivity contribution in [3.8, 4) is 5.69 Å². The van der Waals surface area contributed by atoms with Crippen molar-refractivity contribution in [3.63, 3.8) is 0 Å². The number of hydrogen-bond donors (Lipinski definition) is 4. The van der Waals surface area contributed by atoms with E-state index in [4.69, 9.17) is 14.2 Å². The Balaban J connectivity index is 1.56. The number of unbranched alkanes of at least 4 members (excludes halogenated alkanes) is 5. The molecule has 11 heteroatoms. The van der Waals surface area contributed by atoms with Crippen molar-refractivity contribution in [1.29, 1.82) is 0 Å². The van der Waals surface area contributed by atoms with Crippen LogP contribution in [0.15, 0.2) is 30.5 Å². The predicted octanol–water partition coefficient (Wildman–Crippen LogP) is 1.10. The first-order valence-corrected chi connectivity index (χ1v) is 12.1. The molecule has 0 aliphatic carbocycles. The van der Waals surface area contributed by atoms with Crippen molar-refractivity contribution < 1.29 is 39.4 Å². The Labute approximate surface area is 204 Å². The summed E-state index contributed by atoms with van der Waals surface area (Å²) in [5, 5.41) is 47.2. The lowest BCUT2D eigenvalue weighted by Crippen LogP contribution is -2.59. The zero-order valence-electron chi connectivity index (χ0n) is 19.9. The van der Waals surface area contributed by atoms with E-state index in [2.05, 4.69) is 17.2 Å². The molecule has 1 saturated heterocycles. The van der Waals surface area contributed by atoms with Crippen LogP contribution in [0.5, 0.6) is 0 Å². The van der Waals surface area contributed by atoms with Gasteiger partial charge in [-0.25, -0.2) is 9.48 Å². The SMILES string of the molecule is CCCCCCCCOC(=O)c1ccccc1-n1cc(CO[C@H]2O[C@H](CO)[C@@H](O)[C@H](O)[C@@H]2O)nn1. The fraction of sp³-hybridized carbons (Fsp3) is 0.625. The van der Waals surface area contributed by atoms with E-state index in [0.29, 0.717) is 23.6 Å². The predicted molar refractivity (Wildman–Crippen MR) is 124 cm³/mol. The normalized spacial score (nSPS) is 24.4. The van der Waals surface area contributed by atoms with E-state index in [1.165, 1.54) is 23.9 Å². The maximum absolute atomic E-state index is 12.6. The summed E-state index contributed by atoms with van der Waals surface area (Å²) in [6, 6.07) is 6.89. The van der Waals surface area contributed by atoms with E-state index in [1.807, 2.05) is 0 Å². The summed E-state index contributed by atoms with van der Waals surface area (Å²) in [4.78, 5) is 12.6. The molecule has 0 amide bonds. The summed E-state index contributed by atoms with van der Waals surface area (Å²) in [6.45, 7) is 1.85. The third-order valence-corrected chi connectivity index (χ3v) is 5.89. The molecular weight excluding hydrogens is 458 g/mol. The smallest absolute Gasteiger partial charge is 0.340 e. The number of ether oxygens (including phenoxy) is 3. The number of aliphatic hydroxyl groups is 4. The second-order valence-corrected chi connectivity index (χ2v) is 8.58. The van der Waals surface area contributed by atoms with Crippen LogP contribution in [0.1, 0.15) is 61.5 Å². The first-order chi connectivity index (χ1) is 17.0. The number of carbonyl (C=O) groups excluding carboxylic acids is 1. The van der Waals surface area contributed by atoms with E-state index in [-0.39, 0.29) is 6.61 Å². The zero-order valence-corrected chi connectivity index (χ0v) is 19.9. The summed E-state index contributed by atoms with van der Waals surface area (Å²) in [6.07, 6.45) is 1.30. The Morgan fingerprint density at radius 3 is 2.57 bits per heavy atom. The molecule has 2 aromatic rings. The molecule has 1 fully saturated rings. The van der Waals surface area contributed by atoms with Crippen molar-refractivity contribution >= 4 is 5.97 Å². The number of hydrogen-bond acceptors (Lipinski definition) is 10. The molecule has 1 aliphatic heterocycles. The van der Waals surface area contributed by atoms with Crippen LogP contribution in [0.3, 0.4) is 0 Å². The van der Waals surface area contributed by atoms with E-state index in [0.717, 1.165) is 19.3 Å². The van der Waals surface area contributed by atoms with Crippen LogP contribution in [0, 0.1) is 0 Å². The number of rotatable bonds is 13. The highest BCUT2D eigenvalue weighted by Crippen LogP contribution is 2.23. The lowest BCUT2D eigenvalue weighted by molar-refractivity contribution is -0.304. The molecular formula is C24H35N3O8. The largest absolute Gasteiger partial charge is 0.462 e. The van der Waals surface area contributed by atoms with Crippen LogP contribution in [-0.2, 0) is 20.8 Å². The Morgan fingerprint density at radius 1 is 1.06 bits per heavy atom. The number of esters is 1. The molecule has 1 aromatic heterocycles. The van der Waals surface area contributed by atoms with Gasteiger partial charge in [-0.15, -0.1) is 5.10 Å². The molecule has 194 valence electrons. The minimum atomic E-state index is -1.53. The molecule has 5 atom stereocenters. The average Bonchev–Trinajstić information content (AvgIpc) is 3.35. The van der Waals surface area contributed by atoms with Crippen LogP contribution in [0.25, 0.3) is 5.69 Å². The molecule has 3 rings (SSSR count). The van der Waals surface area contributed by atoms with Crippen molar-refractivity contribution in [1.82, 2.24) is 15.0 Å². The summed E-state index contributed by atoms with van der Waals surface area (Å²) < 4.78 is 17.7. The topological polar surface area (TPSA) is 156 Å².